The largest absolute Gasteiger partial charge is 0.733 e. The van der Waals surface area contributed by atoms with Gasteiger partial charge in [-0.2, -0.15) is 0 Å². The Morgan fingerprint density at radius 3 is 2.80 bits per heavy atom. The number of hydrogen-bond acceptors (Lipinski definition) is 7. The molecule has 2 heterocycles. The second-order valence-corrected chi connectivity index (χ2v) is 6.51. The van der Waals surface area contributed by atoms with E-state index in [0.717, 1.165) is 10.7 Å². The number of benzene rings is 2. The summed E-state index contributed by atoms with van der Waals surface area (Å²) in [5.74, 6) is 0.585. The molecule has 0 fully saturated rings. The van der Waals surface area contributed by atoms with Gasteiger partial charge in [0.25, 0.3) is 0 Å². The van der Waals surface area contributed by atoms with Gasteiger partial charge in [-0.25, -0.2) is 4.68 Å². The Hall–Kier alpha value is -2.81. The molecule has 1 atom stereocenters. The zero-order valence-electron chi connectivity index (χ0n) is 13.0. The number of nitrogens with one attached hydrogen (secondary N) is 1. The fourth-order valence-corrected chi connectivity index (χ4v) is 3.40. The van der Waals surface area contributed by atoms with E-state index in [1.165, 1.54) is 6.07 Å². The normalized spacial score (nSPS) is 16.0. The van der Waals surface area contributed by atoms with Crippen LogP contribution in [0.5, 0.6) is 0 Å². The summed E-state index contributed by atoms with van der Waals surface area (Å²) in [5, 5.41) is 29.1. The van der Waals surface area contributed by atoms with Crippen molar-refractivity contribution in [2.75, 3.05) is 10.7 Å². The van der Waals surface area contributed by atoms with E-state index in [2.05, 4.69) is 21.7 Å². The number of thioether (sulfide) groups is 1. The first-order chi connectivity index (χ1) is 12.2. The van der Waals surface area contributed by atoms with E-state index >= 15 is 0 Å². The quantitative estimate of drug-likeness (QED) is 0.696. The summed E-state index contributed by atoms with van der Waals surface area (Å²) >= 11 is 1.55. The lowest BCUT2D eigenvalue weighted by Crippen LogP contribution is -2.17. The number of hydrogen-bond donors (Lipinski definition) is 2. The molecule has 3 aromatic rings. The van der Waals surface area contributed by atoms with Crippen LogP contribution in [0.2, 0.25) is 0 Å². The maximum absolute atomic E-state index is 11.1. The van der Waals surface area contributed by atoms with E-state index < -0.39 is 0 Å². The van der Waals surface area contributed by atoms with Crippen LogP contribution >= 0.6 is 11.8 Å². The molecule has 4 rings (SSSR count). The van der Waals surface area contributed by atoms with E-state index in [0.29, 0.717) is 11.4 Å². The molecule has 8 heteroatoms. The van der Waals surface area contributed by atoms with E-state index in [4.69, 9.17) is 5.21 Å². The van der Waals surface area contributed by atoms with Gasteiger partial charge >= 0.3 is 0 Å². The Morgan fingerprint density at radius 1 is 1.16 bits per heavy atom. The first-order valence-electron chi connectivity index (χ1n) is 7.59. The minimum atomic E-state index is -0.168. The third kappa shape index (κ3) is 3.22. The molecular weight excluding hydrogens is 338 g/mol. The fraction of sp³-hybridized carbons (Fsp3) is 0.0588. The molecule has 0 aliphatic carbocycles. The Kier molecular flexibility index (Phi) is 4.14. The van der Waals surface area contributed by atoms with Gasteiger partial charge in [-0.3, -0.25) is 5.21 Å². The summed E-state index contributed by atoms with van der Waals surface area (Å²) in [4.78, 5) is 0. The molecule has 1 aromatic heterocycles. The summed E-state index contributed by atoms with van der Waals surface area (Å²) in [6, 6.07) is 16.6. The third-order valence-electron chi connectivity index (χ3n) is 3.71. The predicted octanol–water partition coefficient (Wildman–Crippen LogP) is 3.33. The van der Waals surface area contributed by atoms with Crippen molar-refractivity contribution in [3.63, 3.8) is 0 Å². The molecule has 2 aromatic carbocycles. The monoisotopic (exact) mass is 352 g/mol. The van der Waals surface area contributed by atoms with Crippen LogP contribution in [0.3, 0.4) is 0 Å². The van der Waals surface area contributed by atoms with Gasteiger partial charge in [0.2, 0.25) is 5.16 Å². The lowest BCUT2D eigenvalue weighted by molar-refractivity contribution is 0.296. The SMILES string of the molecule is [O-]N(O)c1cccc(-c2nnc3n2N[C@H](C=Cc2ccccc2)S3)c1. The molecule has 0 spiro atoms. The molecule has 2 N–H and O–H groups in total. The summed E-state index contributed by atoms with van der Waals surface area (Å²) in [5.41, 5.74) is 5.26. The van der Waals surface area contributed by atoms with Crippen LogP contribution in [0.15, 0.2) is 65.8 Å². The zero-order chi connectivity index (χ0) is 17.2. The highest BCUT2D eigenvalue weighted by Gasteiger charge is 2.25. The van der Waals surface area contributed by atoms with Crippen LogP contribution in [0.25, 0.3) is 17.5 Å². The Balaban J connectivity index is 1.56. The molecule has 0 saturated carbocycles. The second-order valence-electron chi connectivity index (χ2n) is 5.40. The Morgan fingerprint density at radius 2 is 2.00 bits per heavy atom. The highest BCUT2D eigenvalue weighted by atomic mass is 32.2. The molecule has 0 saturated heterocycles. The van der Waals surface area contributed by atoms with E-state index in [1.54, 1.807) is 28.6 Å². The number of rotatable bonds is 4. The van der Waals surface area contributed by atoms with Gasteiger partial charge in [-0.15, -0.1) is 10.2 Å². The summed E-state index contributed by atoms with van der Waals surface area (Å²) in [6.07, 6.45) is 4.11. The van der Waals surface area contributed by atoms with Gasteiger partial charge in [0, 0.05) is 5.56 Å². The van der Waals surface area contributed by atoms with Crippen molar-refractivity contribution in [2.24, 2.45) is 0 Å². The van der Waals surface area contributed by atoms with Gasteiger partial charge < -0.3 is 15.9 Å². The van der Waals surface area contributed by atoms with Gasteiger partial charge in [-0.1, -0.05) is 60.3 Å². The lowest BCUT2D eigenvalue weighted by Gasteiger charge is -2.21. The van der Waals surface area contributed by atoms with Crippen molar-refractivity contribution in [2.45, 2.75) is 10.5 Å². The molecular formula is C17H14N5O2S-. The Bertz CT molecular complexity index is 910. The smallest absolute Gasteiger partial charge is 0.212 e. The van der Waals surface area contributed by atoms with Crippen LogP contribution < -0.4 is 10.7 Å². The van der Waals surface area contributed by atoms with Crippen LogP contribution in [-0.4, -0.2) is 25.5 Å². The van der Waals surface area contributed by atoms with Crippen LogP contribution in [0.1, 0.15) is 5.56 Å². The minimum absolute atomic E-state index is 0.0292. The van der Waals surface area contributed by atoms with Crippen LogP contribution in [0, 0.1) is 5.21 Å². The molecule has 0 amide bonds. The van der Waals surface area contributed by atoms with Gasteiger partial charge in [0.15, 0.2) is 5.82 Å². The topological polar surface area (TPSA) is 89.3 Å². The molecule has 1 aliphatic rings. The summed E-state index contributed by atoms with van der Waals surface area (Å²) < 4.78 is 1.79. The van der Waals surface area contributed by atoms with E-state index in [9.17, 15) is 5.21 Å². The average Bonchev–Trinajstić information content (AvgIpc) is 3.21. The van der Waals surface area contributed by atoms with Crippen molar-refractivity contribution < 1.29 is 5.21 Å². The Labute approximate surface area is 148 Å². The number of anilines is 1. The first-order valence-corrected chi connectivity index (χ1v) is 8.47. The number of nitrogens with zero attached hydrogens (tertiary/aromatic N) is 4. The first kappa shape index (κ1) is 15.7. The van der Waals surface area contributed by atoms with Crippen molar-refractivity contribution in [1.29, 1.82) is 0 Å². The van der Waals surface area contributed by atoms with E-state index in [-0.39, 0.29) is 16.3 Å². The predicted molar refractivity (Wildman–Crippen MR) is 97.6 cm³/mol. The van der Waals surface area contributed by atoms with Crippen molar-refractivity contribution >= 4 is 23.5 Å². The average molecular weight is 352 g/mol. The number of fused-ring (bicyclic) bond motifs is 1. The van der Waals surface area contributed by atoms with Crippen molar-refractivity contribution in [1.82, 2.24) is 14.9 Å². The highest BCUT2D eigenvalue weighted by Crippen LogP contribution is 2.32. The van der Waals surface area contributed by atoms with Crippen molar-refractivity contribution in [3.05, 3.63) is 71.4 Å². The minimum Gasteiger partial charge on any atom is -0.733 e. The van der Waals surface area contributed by atoms with Crippen LogP contribution in [-0.2, 0) is 0 Å². The second kappa shape index (κ2) is 6.60. The maximum atomic E-state index is 11.1. The molecule has 126 valence electrons. The van der Waals surface area contributed by atoms with Crippen molar-refractivity contribution in [3.8, 4) is 11.4 Å². The van der Waals surface area contributed by atoms with Gasteiger partial charge in [0.05, 0.1) is 5.69 Å². The van der Waals surface area contributed by atoms with Gasteiger partial charge in [0.1, 0.15) is 5.37 Å². The fourth-order valence-electron chi connectivity index (χ4n) is 2.53. The standard InChI is InChI=1S/C17H14N5O2S/c23-22(24)14-8-4-7-13(11-14)16-18-19-17-21(16)20-15(25-17)10-9-12-5-2-1-3-6-12/h1-11,15,20,23H/q-1/t15-/m0/s1. The summed E-state index contributed by atoms with van der Waals surface area (Å²) in [6.45, 7) is 0. The van der Waals surface area contributed by atoms with Gasteiger partial charge in [-0.05, 0) is 23.8 Å². The molecule has 0 radical (unpaired) electrons. The molecule has 0 bridgehead atoms. The highest BCUT2D eigenvalue weighted by molar-refractivity contribution is 8.00. The third-order valence-corrected chi connectivity index (χ3v) is 4.70. The van der Waals surface area contributed by atoms with Crippen LogP contribution in [0.4, 0.5) is 5.69 Å². The molecule has 7 nitrogen and oxygen atoms in total. The lowest BCUT2D eigenvalue weighted by atomic mass is 10.2. The molecule has 1 aliphatic heterocycles. The molecule has 0 unspecified atom stereocenters. The maximum Gasteiger partial charge on any atom is 0.212 e. The zero-order valence-corrected chi connectivity index (χ0v) is 13.8. The summed E-state index contributed by atoms with van der Waals surface area (Å²) in [7, 11) is 0. The van der Waals surface area contributed by atoms with E-state index in [1.807, 2.05) is 42.5 Å². The number of aromatic nitrogens is 3. The molecule has 25 heavy (non-hydrogen) atoms.